The number of allylic oxidation sites excluding steroid dienone is 1. The molecule has 2 aliphatic heterocycles. The van der Waals surface area contributed by atoms with Crippen LogP contribution in [0.25, 0.3) is 16.6 Å². The predicted molar refractivity (Wildman–Crippen MR) is 255 cm³/mol. The van der Waals surface area contributed by atoms with E-state index in [4.69, 9.17) is 16.3 Å². The Morgan fingerprint density at radius 3 is 2.48 bits per heavy atom. The minimum Gasteiger partial charge on any atom is -0.455 e. The first-order chi connectivity index (χ1) is 30.5. The molecule has 15 nitrogen and oxygen atoms in total. The first-order valence-electron chi connectivity index (χ1n) is 21.6. The van der Waals surface area contributed by atoms with Crippen molar-refractivity contribution in [1.29, 1.82) is 0 Å². The summed E-state index contributed by atoms with van der Waals surface area (Å²) in [5.74, 6) is -0.495. The number of aromatic nitrogens is 2. The summed E-state index contributed by atoms with van der Waals surface area (Å²) in [7, 11) is -6.42. The summed E-state index contributed by atoms with van der Waals surface area (Å²) in [4.78, 5) is 49.7. The largest absolute Gasteiger partial charge is 0.455 e. The Kier molecular flexibility index (Phi) is 13.4. The third kappa shape index (κ3) is 10.9. The van der Waals surface area contributed by atoms with Crippen molar-refractivity contribution in [3.8, 4) is 11.5 Å². The number of sulfonamides is 1. The quantitative estimate of drug-likeness (QED) is 0.0477. The van der Waals surface area contributed by atoms with E-state index in [2.05, 4.69) is 60.7 Å². The van der Waals surface area contributed by atoms with Gasteiger partial charge in [-0.25, -0.2) is 18.1 Å². The maximum absolute atomic E-state index is 14.0. The lowest BCUT2D eigenvalue weighted by molar-refractivity contribution is -0.384. The molecule has 4 heterocycles. The van der Waals surface area contributed by atoms with Gasteiger partial charge in [0.2, 0.25) is 0 Å². The van der Waals surface area contributed by atoms with Crippen LogP contribution in [0.1, 0.15) is 49.0 Å². The maximum Gasteiger partial charge on any atom is 0.293 e. The second kappa shape index (κ2) is 18.8. The number of nitrogens with zero attached hydrogens (tertiary/aromatic N) is 5. The van der Waals surface area contributed by atoms with Gasteiger partial charge in [-0.05, 0) is 111 Å². The molecule has 0 unspecified atom stereocenters. The van der Waals surface area contributed by atoms with Crippen LogP contribution >= 0.6 is 19.1 Å². The lowest BCUT2D eigenvalue weighted by Gasteiger charge is -2.39. The highest BCUT2D eigenvalue weighted by atomic mass is 35.5. The van der Waals surface area contributed by atoms with Gasteiger partial charge in [0.05, 0.1) is 21.6 Å². The number of carbonyl (C=O) groups excluding carboxylic acids is 1. The fourth-order valence-electron chi connectivity index (χ4n) is 8.70. The number of piperazine rings is 1. The molecule has 0 spiro atoms. The number of hydrogen-bond donors (Lipinski definition) is 4. The third-order valence-corrected chi connectivity index (χ3v) is 16.5. The Hall–Kier alpha value is -5.09. The maximum atomic E-state index is 14.0. The second-order valence-electron chi connectivity index (χ2n) is 18.0. The Balaban J connectivity index is 0.980. The highest BCUT2D eigenvalue weighted by Gasteiger charge is 2.31. The third-order valence-electron chi connectivity index (χ3n) is 12.6. The van der Waals surface area contributed by atoms with Gasteiger partial charge < -0.3 is 29.7 Å². The number of carbonyl (C=O) groups is 1. The molecule has 2 fully saturated rings. The van der Waals surface area contributed by atoms with Crippen molar-refractivity contribution >= 4 is 68.7 Å². The lowest BCUT2D eigenvalue weighted by Crippen LogP contribution is -2.47. The summed E-state index contributed by atoms with van der Waals surface area (Å²) in [6, 6.07) is 20.4. The number of nitro groups is 1. The van der Waals surface area contributed by atoms with Crippen LogP contribution in [0, 0.1) is 15.5 Å². The fraction of sp³-hybridized carbons (Fsp3) is 0.391. The van der Waals surface area contributed by atoms with Crippen LogP contribution in [0.15, 0.2) is 95.7 Å². The van der Waals surface area contributed by atoms with Gasteiger partial charge in [-0.2, -0.15) is 0 Å². The highest BCUT2D eigenvalue weighted by Crippen LogP contribution is 2.51. The number of fused-ring (bicyclic) bond motifs is 1. The summed E-state index contributed by atoms with van der Waals surface area (Å²) in [5, 5.41) is 16.7. The minimum absolute atomic E-state index is 0.0452. The van der Waals surface area contributed by atoms with E-state index in [1.165, 1.54) is 41.1 Å². The van der Waals surface area contributed by atoms with E-state index in [9.17, 15) is 28.2 Å². The molecule has 2 aromatic heterocycles. The first-order valence-corrected chi connectivity index (χ1v) is 26.0. The molecule has 18 heteroatoms. The number of ether oxygens (including phenoxy) is 1. The number of amides is 1. The predicted octanol–water partition coefficient (Wildman–Crippen LogP) is 8.10. The number of halogens is 1. The summed E-state index contributed by atoms with van der Waals surface area (Å²) < 4.78 is 35.9. The van der Waals surface area contributed by atoms with Gasteiger partial charge in [-0.15, -0.1) is 0 Å². The monoisotopic (exact) mass is 929 g/mol. The molecule has 5 aromatic rings. The zero-order chi connectivity index (χ0) is 45.2. The number of hydrogen-bond acceptors (Lipinski definition) is 12. The van der Waals surface area contributed by atoms with Crippen molar-refractivity contribution in [2.45, 2.75) is 38.0 Å². The Morgan fingerprint density at radius 1 is 1.00 bits per heavy atom. The lowest BCUT2D eigenvalue weighted by atomic mass is 9.72. The molecular weight excluding hydrogens is 875 g/mol. The number of pyridine rings is 1. The average Bonchev–Trinajstić information content (AvgIpc) is 3.73. The van der Waals surface area contributed by atoms with Gasteiger partial charge in [0.1, 0.15) is 22.8 Å². The topological polar surface area (TPSA) is 186 Å². The van der Waals surface area contributed by atoms with Crippen LogP contribution in [-0.2, 0) is 10.0 Å². The number of rotatable bonds is 14. The zero-order valence-corrected chi connectivity index (χ0v) is 38.8. The number of nitrogens with one attached hydrogen (secondary N) is 3. The van der Waals surface area contributed by atoms with Gasteiger partial charge in [-0.1, -0.05) is 43.2 Å². The Labute approximate surface area is 379 Å². The van der Waals surface area contributed by atoms with Gasteiger partial charge in [0.15, 0.2) is 0 Å². The van der Waals surface area contributed by atoms with Gasteiger partial charge in [0.25, 0.3) is 21.6 Å². The van der Waals surface area contributed by atoms with Gasteiger partial charge >= 0.3 is 0 Å². The fourth-order valence-corrected chi connectivity index (χ4v) is 11.5. The molecular formula is C46H55ClN8O7PS. The van der Waals surface area contributed by atoms with Crippen molar-refractivity contribution in [2.75, 3.05) is 88.1 Å². The average molecular weight is 930 g/mol. The summed E-state index contributed by atoms with van der Waals surface area (Å²) in [6.45, 7) is 13.0. The number of nitro benzene ring substituents is 1. The van der Waals surface area contributed by atoms with Crippen molar-refractivity contribution in [3.05, 3.63) is 117 Å². The highest BCUT2D eigenvalue weighted by molar-refractivity contribution is 7.90. The standard InChI is InChI=1S/C46H55ClN8O7PS/c1-46(2)14-12-34(40(29-46)32-4-6-35(47)7-5-32)31-53-18-20-54(21-19-53)36-8-10-39(43(27-36)62-37-26-33-13-15-49-44(33)50-30-37)45(56)51-64(60,61)38-9-11-41(42(28-38)55(57)58)48-16-17-52-22-24-63(3,59)25-23-52/h4-11,13,15,26-28,30,48,59H,12,14,16-25,29,31H2,1-3H3,(H,49,50)(H,51,56). The normalized spacial score (nSPS) is 18.2. The molecule has 1 aliphatic carbocycles. The van der Waals surface area contributed by atoms with E-state index >= 15 is 0 Å². The van der Waals surface area contributed by atoms with E-state index < -0.39 is 38.9 Å². The number of anilines is 2. The van der Waals surface area contributed by atoms with Crippen LogP contribution in [0.2, 0.25) is 5.02 Å². The molecule has 339 valence electrons. The van der Waals surface area contributed by atoms with E-state index in [-0.39, 0.29) is 22.4 Å². The molecule has 64 heavy (non-hydrogen) atoms. The van der Waals surface area contributed by atoms with Crippen molar-refractivity contribution < 1.29 is 27.8 Å². The van der Waals surface area contributed by atoms with Crippen LogP contribution in [0.5, 0.6) is 11.5 Å². The van der Waals surface area contributed by atoms with Gasteiger partial charge in [0, 0.05) is 93.3 Å². The smallest absolute Gasteiger partial charge is 0.293 e. The molecule has 3 aliphatic rings. The second-order valence-corrected chi connectivity index (χ2v) is 23.7. The summed E-state index contributed by atoms with van der Waals surface area (Å²) >= 11 is 6.24. The van der Waals surface area contributed by atoms with Crippen LogP contribution in [0.3, 0.4) is 0 Å². The van der Waals surface area contributed by atoms with Crippen molar-refractivity contribution in [1.82, 2.24) is 24.5 Å². The number of aromatic amines is 1. The zero-order valence-electron chi connectivity index (χ0n) is 36.3. The summed E-state index contributed by atoms with van der Waals surface area (Å²) in [5.41, 5.74) is 5.45. The molecule has 2 saturated heterocycles. The SMILES string of the molecule is CC1(C)CCC(CN2CCN(c3ccc(C(=O)NS(=O)(=O)c4ccc(NCCN5CC[P](C)(O)CC5)c([N+](=O)[O-])c4)c(Oc4cnc5[nH]ccc5c4)c3)CC2)=C(c2ccc(Cl)cc2)C1. The molecule has 1 radical (unpaired) electrons. The molecule has 0 bridgehead atoms. The molecule has 1 amide bonds. The minimum atomic E-state index is -4.58. The molecule has 4 N–H and O–H groups in total. The molecule has 8 rings (SSSR count). The first kappa shape index (κ1) is 45.5. The number of benzene rings is 3. The van der Waals surface area contributed by atoms with E-state index in [1.807, 2.05) is 24.9 Å². The van der Waals surface area contributed by atoms with E-state index in [0.717, 1.165) is 99.6 Å². The molecule has 0 saturated carbocycles. The Bertz CT molecular complexity index is 2670. The van der Waals surface area contributed by atoms with Crippen LogP contribution in [-0.4, -0.2) is 122 Å². The van der Waals surface area contributed by atoms with E-state index in [1.54, 1.807) is 24.4 Å². The number of H-pyrrole nitrogens is 1. The van der Waals surface area contributed by atoms with Crippen molar-refractivity contribution in [3.63, 3.8) is 0 Å². The van der Waals surface area contributed by atoms with Crippen LogP contribution in [0.4, 0.5) is 17.1 Å². The Morgan fingerprint density at radius 2 is 1.75 bits per heavy atom. The van der Waals surface area contributed by atoms with Crippen molar-refractivity contribution in [2.24, 2.45) is 5.41 Å². The molecule has 3 aromatic carbocycles. The summed E-state index contributed by atoms with van der Waals surface area (Å²) in [6.07, 6.45) is 7.95. The molecule has 0 atom stereocenters. The van der Waals surface area contributed by atoms with Gasteiger partial charge in [-0.3, -0.25) is 19.8 Å². The van der Waals surface area contributed by atoms with E-state index in [0.29, 0.717) is 24.5 Å². The van der Waals surface area contributed by atoms with Crippen LogP contribution < -0.4 is 19.7 Å².